The molecular formula is C15H12N4O. The van der Waals surface area contributed by atoms with Gasteiger partial charge in [-0.2, -0.15) is 4.98 Å². The summed E-state index contributed by atoms with van der Waals surface area (Å²) in [4.78, 5) is 4.36. The Hall–Kier alpha value is -2.95. The Kier molecular flexibility index (Phi) is 3.01. The predicted molar refractivity (Wildman–Crippen MR) is 76.2 cm³/mol. The highest BCUT2D eigenvalue weighted by molar-refractivity contribution is 6.00. The molecule has 3 aromatic rings. The molecule has 0 unspecified atom stereocenters. The smallest absolute Gasteiger partial charge is 0.258 e. The van der Waals surface area contributed by atoms with Crippen molar-refractivity contribution < 1.29 is 4.52 Å². The molecule has 20 heavy (non-hydrogen) atoms. The molecule has 1 aromatic heterocycles. The average Bonchev–Trinajstić information content (AvgIpc) is 2.98. The number of benzene rings is 2. The number of nitrogens with two attached hydrogens (primary N) is 1. The number of hydrogen-bond donors (Lipinski definition) is 2. The fraction of sp³-hybridized carbons (Fsp3) is 0. The van der Waals surface area contributed by atoms with Crippen molar-refractivity contribution in [3.8, 4) is 22.8 Å². The molecule has 0 radical (unpaired) electrons. The summed E-state index contributed by atoms with van der Waals surface area (Å²) in [6.45, 7) is 0. The van der Waals surface area contributed by atoms with E-state index < -0.39 is 0 Å². The normalized spacial score (nSPS) is 10.4. The molecule has 98 valence electrons. The first-order valence-electron chi connectivity index (χ1n) is 6.08. The molecular weight excluding hydrogens is 252 g/mol. The quantitative estimate of drug-likeness (QED) is 0.562. The third-order valence-electron chi connectivity index (χ3n) is 2.91. The number of nitrogens with zero attached hydrogens (tertiary/aromatic N) is 2. The minimum Gasteiger partial charge on any atom is -0.384 e. The van der Waals surface area contributed by atoms with E-state index in [1.54, 1.807) is 12.1 Å². The SMILES string of the molecule is N=C(N)c1ccccc1-c1nc(-c2ccccc2)no1. The van der Waals surface area contributed by atoms with Gasteiger partial charge in [-0.3, -0.25) is 5.41 Å². The predicted octanol–water partition coefficient (Wildman–Crippen LogP) is 2.69. The van der Waals surface area contributed by atoms with Gasteiger partial charge in [0.25, 0.3) is 5.89 Å². The Labute approximate surface area is 115 Å². The molecule has 5 heteroatoms. The van der Waals surface area contributed by atoms with Crippen molar-refractivity contribution in [2.75, 3.05) is 0 Å². The van der Waals surface area contributed by atoms with Crippen LogP contribution in [0.2, 0.25) is 0 Å². The van der Waals surface area contributed by atoms with E-state index in [2.05, 4.69) is 10.1 Å². The summed E-state index contributed by atoms with van der Waals surface area (Å²) >= 11 is 0. The van der Waals surface area contributed by atoms with Gasteiger partial charge in [0.1, 0.15) is 5.84 Å². The van der Waals surface area contributed by atoms with Crippen molar-refractivity contribution in [1.82, 2.24) is 10.1 Å². The Morgan fingerprint density at radius 3 is 2.45 bits per heavy atom. The maximum absolute atomic E-state index is 7.58. The van der Waals surface area contributed by atoms with E-state index in [1.807, 2.05) is 42.5 Å². The van der Waals surface area contributed by atoms with Crippen LogP contribution in [0.15, 0.2) is 59.1 Å². The first-order chi connectivity index (χ1) is 9.75. The van der Waals surface area contributed by atoms with Gasteiger partial charge in [0.05, 0.1) is 5.56 Å². The second-order valence-electron chi connectivity index (χ2n) is 4.25. The third kappa shape index (κ3) is 2.16. The molecule has 2 aromatic carbocycles. The van der Waals surface area contributed by atoms with Gasteiger partial charge < -0.3 is 10.3 Å². The molecule has 3 rings (SSSR count). The van der Waals surface area contributed by atoms with Gasteiger partial charge in [-0.25, -0.2) is 0 Å². The number of nitrogen functional groups attached to an aromatic ring is 1. The molecule has 3 N–H and O–H groups in total. The van der Waals surface area contributed by atoms with Crippen LogP contribution in [-0.4, -0.2) is 16.0 Å². The lowest BCUT2D eigenvalue weighted by molar-refractivity contribution is 0.432. The molecule has 0 aliphatic heterocycles. The van der Waals surface area contributed by atoms with Crippen molar-refractivity contribution in [1.29, 1.82) is 5.41 Å². The van der Waals surface area contributed by atoms with E-state index in [4.69, 9.17) is 15.7 Å². The van der Waals surface area contributed by atoms with Crippen LogP contribution in [0.5, 0.6) is 0 Å². The number of amidine groups is 1. The summed E-state index contributed by atoms with van der Waals surface area (Å²) in [7, 11) is 0. The Balaban J connectivity index is 2.05. The molecule has 0 fully saturated rings. The van der Waals surface area contributed by atoms with Crippen LogP contribution < -0.4 is 5.73 Å². The zero-order chi connectivity index (χ0) is 13.9. The van der Waals surface area contributed by atoms with Crippen molar-refractivity contribution >= 4 is 5.84 Å². The number of hydrogen-bond acceptors (Lipinski definition) is 4. The number of rotatable bonds is 3. The summed E-state index contributed by atoms with van der Waals surface area (Å²) in [6.07, 6.45) is 0. The highest BCUT2D eigenvalue weighted by Crippen LogP contribution is 2.24. The van der Waals surface area contributed by atoms with Gasteiger partial charge in [0.15, 0.2) is 0 Å². The van der Waals surface area contributed by atoms with Gasteiger partial charge in [0, 0.05) is 11.1 Å². The fourth-order valence-electron chi connectivity index (χ4n) is 1.94. The van der Waals surface area contributed by atoms with Crippen molar-refractivity contribution in [2.24, 2.45) is 5.73 Å². The molecule has 1 heterocycles. The summed E-state index contributed by atoms with van der Waals surface area (Å²) in [5, 5.41) is 11.6. The van der Waals surface area contributed by atoms with E-state index in [1.165, 1.54) is 0 Å². The molecule has 5 nitrogen and oxygen atoms in total. The maximum Gasteiger partial charge on any atom is 0.258 e. The molecule has 0 spiro atoms. The van der Waals surface area contributed by atoms with Crippen LogP contribution in [-0.2, 0) is 0 Å². The summed E-state index contributed by atoms with van der Waals surface area (Å²) < 4.78 is 5.28. The lowest BCUT2D eigenvalue weighted by Crippen LogP contribution is -2.12. The van der Waals surface area contributed by atoms with E-state index in [0.717, 1.165) is 5.56 Å². The van der Waals surface area contributed by atoms with Gasteiger partial charge in [-0.1, -0.05) is 53.7 Å². The maximum atomic E-state index is 7.58. The summed E-state index contributed by atoms with van der Waals surface area (Å²) in [5.74, 6) is 0.841. The molecule has 0 aliphatic rings. The second-order valence-corrected chi connectivity index (χ2v) is 4.25. The van der Waals surface area contributed by atoms with Crippen LogP contribution in [0.25, 0.3) is 22.8 Å². The Morgan fingerprint density at radius 2 is 1.70 bits per heavy atom. The molecule has 0 bridgehead atoms. The standard InChI is InChI=1S/C15H12N4O/c16-13(17)11-8-4-5-9-12(11)15-18-14(19-20-15)10-6-2-1-3-7-10/h1-9H,(H3,16,17). The van der Waals surface area contributed by atoms with E-state index >= 15 is 0 Å². The van der Waals surface area contributed by atoms with Crippen LogP contribution >= 0.6 is 0 Å². The lowest BCUT2D eigenvalue weighted by atomic mass is 10.1. The molecule has 0 saturated carbocycles. The zero-order valence-electron chi connectivity index (χ0n) is 10.6. The van der Waals surface area contributed by atoms with Crippen LogP contribution in [0, 0.1) is 5.41 Å². The first kappa shape index (κ1) is 12.1. The monoisotopic (exact) mass is 264 g/mol. The first-order valence-corrected chi connectivity index (χ1v) is 6.08. The lowest BCUT2D eigenvalue weighted by Gasteiger charge is -2.02. The average molecular weight is 264 g/mol. The van der Waals surface area contributed by atoms with E-state index in [9.17, 15) is 0 Å². The van der Waals surface area contributed by atoms with Gasteiger partial charge in [0.2, 0.25) is 5.82 Å². The van der Waals surface area contributed by atoms with Crippen molar-refractivity contribution in [3.05, 3.63) is 60.2 Å². The Bertz CT molecular complexity index is 749. The van der Waals surface area contributed by atoms with E-state index in [0.29, 0.717) is 22.8 Å². The largest absolute Gasteiger partial charge is 0.384 e. The Morgan fingerprint density at radius 1 is 1.00 bits per heavy atom. The summed E-state index contributed by atoms with van der Waals surface area (Å²) in [6, 6.07) is 16.8. The highest BCUT2D eigenvalue weighted by Gasteiger charge is 2.14. The van der Waals surface area contributed by atoms with Gasteiger partial charge in [-0.15, -0.1) is 0 Å². The second kappa shape index (κ2) is 4.97. The summed E-state index contributed by atoms with van der Waals surface area (Å²) in [5.41, 5.74) is 7.68. The topological polar surface area (TPSA) is 88.8 Å². The van der Waals surface area contributed by atoms with Crippen LogP contribution in [0.3, 0.4) is 0 Å². The molecule has 0 amide bonds. The van der Waals surface area contributed by atoms with Crippen LogP contribution in [0.1, 0.15) is 5.56 Å². The molecule has 0 aliphatic carbocycles. The van der Waals surface area contributed by atoms with Gasteiger partial charge >= 0.3 is 0 Å². The zero-order valence-corrected chi connectivity index (χ0v) is 10.6. The molecule has 0 saturated heterocycles. The minimum absolute atomic E-state index is 0.0277. The van der Waals surface area contributed by atoms with Crippen molar-refractivity contribution in [3.63, 3.8) is 0 Å². The highest BCUT2D eigenvalue weighted by atomic mass is 16.5. The minimum atomic E-state index is -0.0277. The fourth-order valence-corrected chi connectivity index (χ4v) is 1.94. The number of aromatic nitrogens is 2. The third-order valence-corrected chi connectivity index (χ3v) is 2.91. The van der Waals surface area contributed by atoms with Crippen molar-refractivity contribution in [2.45, 2.75) is 0 Å². The van der Waals surface area contributed by atoms with Crippen LogP contribution in [0.4, 0.5) is 0 Å². The molecule has 0 atom stereocenters. The number of nitrogens with one attached hydrogen (secondary N) is 1. The van der Waals surface area contributed by atoms with Gasteiger partial charge in [-0.05, 0) is 6.07 Å². The van der Waals surface area contributed by atoms with E-state index in [-0.39, 0.29) is 5.84 Å².